The van der Waals surface area contributed by atoms with Crippen molar-refractivity contribution in [1.29, 1.82) is 0 Å². The Morgan fingerprint density at radius 2 is 1.81 bits per heavy atom. The van der Waals surface area contributed by atoms with Crippen LogP contribution in [0.25, 0.3) is 0 Å². The highest BCUT2D eigenvalue weighted by atomic mass is 16.5. The third-order valence-corrected chi connectivity index (χ3v) is 5.50. The van der Waals surface area contributed by atoms with Gasteiger partial charge in [-0.25, -0.2) is 0 Å². The number of carbonyl (C=O) groups is 2. The number of ether oxygens (including phenoxy) is 2. The van der Waals surface area contributed by atoms with Crippen molar-refractivity contribution < 1.29 is 19.1 Å². The fourth-order valence-corrected chi connectivity index (χ4v) is 3.44. The lowest BCUT2D eigenvalue weighted by atomic mass is 10.1. The standard InChI is InChI=1S/C24H31N3O4/c1-4-26(24(29)17-31-22-7-5-6-18(2)19(22)3)16-23(28)25-20-8-10-21(11-9-20)27-12-14-30-15-13-27/h5-11H,4,12-17H2,1-3H3,(H,25,28). The topological polar surface area (TPSA) is 71.1 Å². The van der Waals surface area contributed by atoms with Crippen LogP contribution >= 0.6 is 0 Å². The molecule has 2 aromatic rings. The van der Waals surface area contributed by atoms with Crippen LogP contribution in [0.2, 0.25) is 0 Å². The monoisotopic (exact) mass is 425 g/mol. The summed E-state index contributed by atoms with van der Waals surface area (Å²) in [5.74, 6) is 0.233. The lowest BCUT2D eigenvalue weighted by Crippen LogP contribution is -2.40. The number of aryl methyl sites for hydroxylation is 1. The second kappa shape index (κ2) is 10.8. The first-order valence-electron chi connectivity index (χ1n) is 10.7. The zero-order valence-corrected chi connectivity index (χ0v) is 18.5. The van der Waals surface area contributed by atoms with Crippen LogP contribution in [0.15, 0.2) is 42.5 Å². The van der Waals surface area contributed by atoms with E-state index in [4.69, 9.17) is 9.47 Å². The van der Waals surface area contributed by atoms with E-state index >= 15 is 0 Å². The Balaban J connectivity index is 1.50. The summed E-state index contributed by atoms with van der Waals surface area (Å²) in [5.41, 5.74) is 3.93. The molecule has 3 rings (SSSR count). The van der Waals surface area contributed by atoms with Crippen molar-refractivity contribution >= 4 is 23.2 Å². The number of benzene rings is 2. The maximum Gasteiger partial charge on any atom is 0.260 e. The summed E-state index contributed by atoms with van der Waals surface area (Å²) in [6, 6.07) is 13.5. The van der Waals surface area contributed by atoms with Gasteiger partial charge in [0, 0.05) is 31.0 Å². The normalized spacial score (nSPS) is 13.6. The Labute approximate surface area is 183 Å². The van der Waals surface area contributed by atoms with Gasteiger partial charge in [-0.3, -0.25) is 9.59 Å². The molecule has 0 bridgehead atoms. The lowest BCUT2D eigenvalue weighted by molar-refractivity contribution is -0.136. The number of carbonyl (C=O) groups excluding carboxylic acids is 2. The summed E-state index contributed by atoms with van der Waals surface area (Å²) in [7, 11) is 0. The molecule has 0 saturated carbocycles. The minimum atomic E-state index is -0.235. The van der Waals surface area contributed by atoms with Crippen LogP contribution in [0.1, 0.15) is 18.1 Å². The fourth-order valence-electron chi connectivity index (χ4n) is 3.44. The van der Waals surface area contributed by atoms with Gasteiger partial charge in [0.2, 0.25) is 5.91 Å². The summed E-state index contributed by atoms with van der Waals surface area (Å²) in [6.45, 7) is 9.31. The molecular weight excluding hydrogens is 394 g/mol. The molecular formula is C24H31N3O4. The third-order valence-electron chi connectivity index (χ3n) is 5.50. The summed E-state index contributed by atoms with van der Waals surface area (Å²) in [5, 5.41) is 2.87. The van der Waals surface area contributed by atoms with E-state index in [1.807, 2.05) is 63.2 Å². The number of hydrogen-bond donors (Lipinski definition) is 1. The Kier molecular flexibility index (Phi) is 7.89. The van der Waals surface area contributed by atoms with E-state index < -0.39 is 0 Å². The molecule has 0 aliphatic carbocycles. The predicted molar refractivity (Wildman–Crippen MR) is 122 cm³/mol. The molecule has 166 valence electrons. The van der Waals surface area contributed by atoms with Crippen molar-refractivity contribution in [2.45, 2.75) is 20.8 Å². The van der Waals surface area contributed by atoms with E-state index in [-0.39, 0.29) is 25.0 Å². The summed E-state index contributed by atoms with van der Waals surface area (Å²) < 4.78 is 11.1. The maximum absolute atomic E-state index is 12.6. The average molecular weight is 426 g/mol. The Morgan fingerprint density at radius 3 is 2.48 bits per heavy atom. The number of rotatable bonds is 8. The highest BCUT2D eigenvalue weighted by Gasteiger charge is 2.17. The van der Waals surface area contributed by atoms with Crippen molar-refractivity contribution in [3.05, 3.63) is 53.6 Å². The van der Waals surface area contributed by atoms with Crippen LogP contribution in [-0.2, 0) is 14.3 Å². The van der Waals surface area contributed by atoms with Crippen molar-refractivity contribution in [3.63, 3.8) is 0 Å². The molecule has 7 nitrogen and oxygen atoms in total. The number of nitrogens with zero attached hydrogens (tertiary/aromatic N) is 2. The molecule has 0 atom stereocenters. The predicted octanol–water partition coefficient (Wildman–Crippen LogP) is 3.01. The first-order valence-corrected chi connectivity index (χ1v) is 10.7. The molecule has 31 heavy (non-hydrogen) atoms. The molecule has 1 heterocycles. The number of nitrogens with one attached hydrogen (secondary N) is 1. The number of amides is 2. The van der Waals surface area contributed by atoms with E-state index in [2.05, 4.69) is 10.2 Å². The fraction of sp³-hybridized carbons (Fsp3) is 0.417. The Hall–Kier alpha value is -3.06. The first-order chi connectivity index (χ1) is 15.0. The molecule has 2 amide bonds. The third kappa shape index (κ3) is 6.21. The minimum absolute atomic E-state index is 0.0172. The second-order valence-corrected chi connectivity index (χ2v) is 7.59. The number of hydrogen-bond acceptors (Lipinski definition) is 5. The number of likely N-dealkylation sites (N-methyl/N-ethyl adjacent to an activating group) is 1. The quantitative estimate of drug-likeness (QED) is 0.704. The Bertz CT molecular complexity index is 892. The summed E-state index contributed by atoms with van der Waals surface area (Å²) in [4.78, 5) is 28.8. The lowest BCUT2D eigenvalue weighted by Gasteiger charge is -2.29. The molecule has 7 heteroatoms. The molecule has 1 aliphatic rings. The molecule has 1 aliphatic heterocycles. The molecule has 1 fully saturated rings. The molecule has 0 spiro atoms. The van der Waals surface area contributed by atoms with Gasteiger partial charge < -0.3 is 24.6 Å². The van der Waals surface area contributed by atoms with Crippen LogP contribution in [0.4, 0.5) is 11.4 Å². The van der Waals surface area contributed by atoms with E-state index in [9.17, 15) is 9.59 Å². The van der Waals surface area contributed by atoms with Crippen molar-refractivity contribution in [3.8, 4) is 5.75 Å². The van der Waals surface area contributed by atoms with Gasteiger partial charge in [0.25, 0.3) is 5.91 Å². The summed E-state index contributed by atoms with van der Waals surface area (Å²) >= 11 is 0. The van der Waals surface area contributed by atoms with Gasteiger partial charge in [0.05, 0.1) is 19.8 Å². The zero-order valence-electron chi connectivity index (χ0n) is 18.5. The van der Waals surface area contributed by atoms with Gasteiger partial charge >= 0.3 is 0 Å². The van der Waals surface area contributed by atoms with Gasteiger partial charge in [0.1, 0.15) is 5.75 Å². The maximum atomic E-state index is 12.6. The van der Waals surface area contributed by atoms with E-state index in [0.29, 0.717) is 18.0 Å². The molecule has 0 aromatic heterocycles. The Morgan fingerprint density at radius 1 is 1.10 bits per heavy atom. The van der Waals surface area contributed by atoms with E-state index in [0.717, 1.165) is 43.1 Å². The van der Waals surface area contributed by atoms with Gasteiger partial charge in [0.15, 0.2) is 6.61 Å². The second-order valence-electron chi connectivity index (χ2n) is 7.59. The van der Waals surface area contributed by atoms with Crippen LogP contribution in [0.5, 0.6) is 5.75 Å². The summed E-state index contributed by atoms with van der Waals surface area (Å²) in [6.07, 6.45) is 0. The molecule has 2 aromatic carbocycles. The number of morpholine rings is 1. The SMILES string of the molecule is CCN(CC(=O)Nc1ccc(N2CCOCC2)cc1)C(=O)COc1cccc(C)c1C. The largest absolute Gasteiger partial charge is 0.483 e. The highest BCUT2D eigenvalue weighted by molar-refractivity contribution is 5.94. The van der Waals surface area contributed by atoms with E-state index in [1.165, 1.54) is 4.90 Å². The average Bonchev–Trinajstić information content (AvgIpc) is 2.79. The molecule has 0 unspecified atom stereocenters. The highest BCUT2D eigenvalue weighted by Crippen LogP contribution is 2.21. The number of anilines is 2. The van der Waals surface area contributed by atoms with E-state index in [1.54, 1.807) is 0 Å². The first kappa shape index (κ1) is 22.6. The molecule has 1 saturated heterocycles. The van der Waals surface area contributed by atoms with Crippen LogP contribution in [0, 0.1) is 13.8 Å². The van der Waals surface area contributed by atoms with Crippen LogP contribution in [0.3, 0.4) is 0 Å². The van der Waals surface area contributed by atoms with Gasteiger partial charge in [-0.05, 0) is 62.2 Å². The van der Waals surface area contributed by atoms with Gasteiger partial charge in [-0.15, -0.1) is 0 Å². The smallest absolute Gasteiger partial charge is 0.260 e. The van der Waals surface area contributed by atoms with Crippen LogP contribution in [-0.4, -0.2) is 62.7 Å². The van der Waals surface area contributed by atoms with Crippen molar-refractivity contribution in [2.24, 2.45) is 0 Å². The van der Waals surface area contributed by atoms with Gasteiger partial charge in [-0.1, -0.05) is 12.1 Å². The van der Waals surface area contributed by atoms with Crippen molar-refractivity contribution in [2.75, 3.05) is 56.2 Å². The van der Waals surface area contributed by atoms with Crippen LogP contribution < -0.4 is 15.0 Å². The molecule has 0 radical (unpaired) electrons. The minimum Gasteiger partial charge on any atom is -0.483 e. The zero-order chi connectivity index (χ0) is 22.2. The van der Waals surface area contributed by atoms with Crippen molar-refractivity contribution in [1.82, 2.24) is 4.90 Å². The van der Waals surface area contributed by atoms with Gasteiger partial charge in [-0.2, -0.15) is 0 Å². The molecule has 1 N–H and O–H groups in total.